The largest absolute Gasteiger partial charge is 0.486 e. The highest BCUT2D eigenvalue weighted by atomic mass is 16.6. The molecule has 0 unspecified atom stereocenters. The number of pyridine rings is 1. The maximum Gasteiger partial charge on any atom is 0.216 e. The SMILES string of the molecule is COc1cc(Oc2cccc3c2OC[C@H]3OC(C)(C)C)ccn1. The molecule has 0 saturated heterocycles. The summed E-state index contributed by atoms with van der Waals surface area (Å²) in [4.78, 5) is 4.07. The van der Waals surface area contributed by atoms with Crippen LogP contribution in [0.1, 0.15) is 32.4 Å². The molecule has 5 nitrogen and oxygen atoms in total. The molecule has 1 aromatic carbocycles. The van der Waals surface area contributed by atoms with Gasteiger partial charge in [0.15, 0.2) is 11.5 Å². The molecule has 0 aliphatic carbocycles. The minimum atomic E-state index is -0.231. The van der Waals surface area contributed by atoms with E-state index < -0.39 is 0 Å². The Morgan fingerprint density at radius 3 is 2.78 bits per heavy atom. The molecular formula is C18H21NO4. The summed E-state index contributed by atoms with van der Waals surface area (Å²) in [5, 5.41) is 0. The van der Waals surface area contributed by atoms with Gasteiger partial charge in [-0.25, -0.2) is 4.98 Å². The van der Waals surface area contributed by atoms with Crippen molar-refractivity contribution >= 4 is 0 Å². The average molecular weight is 315 g/mol. The van der Waals surface area contributed by atoms with E-state index in [0.717, 1.165) is 11.3 Å². The van der Waals surface area contributed by atoms with E-state index in [0.29, 0.717) is 24.0 Å². The van der Waals surface area contributed by atoms with Crippen LogP contribution in [0.3, 0.4) is 0 Å². The molecule has 0 radical (unpaired) electrons. The van der Waals surface area contributed by atoms with Crippen molar-refractivity contribution < 1.29 is 18.9 Å². The number of benzene rings is 1. The van der Waals surface area contributed by atoms with Crippen molar-refractivity contribution in [2.24, 2.45) is 0 Å². The Kier molecular flexibility index (Phi) is 4.13. The van der Waals surface area contributed by atoms with Gasteiger partial charge in [0.25, 0.3) is 0 Å². The number of ether oxygens (including phenoxy) is 4. The molecule has 1 aliphatic heterocycles. The molecule has 5 heteroatoms. The second kappa shape index (κ2) is 6.08. The highest BCUT2D eigenvalue weighted by Gasteiger charge is 2.31. The quantitative estimate of drug-likeness (QED) is 0.849. The van der Waals surface area contributed by atoms with Crippen LogP contribution in [0, 0.1) is 0 Å². The van der Waals surface area contributed by atoms with Crippen LogP contribution in [0.4, 0.5) is 0 Å². The lowest BCUT2D eigenvalue weighted by atomic mass is 10.1. The van der Waals surface area contributed by atoms with Crippen LogP contribution in [0.15, 0.2) is 36.5 Å². The minimum Gasteiger partial charge on any atom is -0.486 e. The van der Waals surface area contributed by atoms with Crippen LogP contribution in [0.2, 0.25) is 0 Å². The lowest BCUT2D eigenvalue weighted by molar-refractivity contribution is -0.0672. The van der Waals surface area contributed by atoms with Crippen molar-refractivity contribution in [2.75, 3.05) is 13.7 Å². The minimum absolute atomic E-state index is 0.0828. The van der Waals surface area contributed by atoms with E-state index in [2.05, 4.69) is 4.98 Å². The van der Waals surface area contributed by atoms with Gasteiger partial charge >= 0.3 is 0 Å². The highest BCUT2D eigenvalue weighted by molar-refractivity contribution is 5.51. The molecule has 0 fully saturated rings. The number of methoxy groups -OCH3 is 1. The number of rotatable bonds is 4. The first kappa shape index (κ1) is 15.6. The Morgan fingerprint density at radius 2 is 2.04 bits per heavy atom. The lowest BCUT2D eigenvalue weighted by Crippen LogP contribution is -2.23. The van der Waals surface area contributed by atoms with Crippen molar-refractivity contribution in [2.45, 2.75) is 32.5 Å². The molecule has 1 aromatic heterocycles. The van der Waals surface area contributed by atoms with E-state index in [1.165, 1.54) is 0 Å². The summed E-state index contributed by atoms with van der Waals surface area (Å²) in [6, 6.07) is 9.35. The smallest absolute Gasteiger partial charge is 0.216 e. The fraction of sp³-hybridized carbons (Fsp3) is 0.389. The lowest BCUT2D eigenvalue weighted by Gasteiger charge is -2.24. The van der Waals surface area contributed by atoms with Crippen molar-refractivity contribution in [3.8, 4) is 23.1 Å². The van der Waals surface area contributed by atoms with Gasteiger partial charge in [0.05, 0.1) is 12.7 Å². The second-order valence-electron chi connectivity index (χ2n) is 6.34. The molecule has 0 amide bonds. The Hall–Kier alpha value is -2.27. The standard InChI is InChI=1S/C18H21NO4/c1-18(2,3)23-15-11-21-17-13(15)6-5-7-14(17)22-12-8-9-19-16(10-12)20-4/h5-10,15H,11H2,1-4H3/t15-/m1/s1. The summed E-state index contributed by atoms with van der Waals surface area (Å²) in [6.07, 6.45) is 1.56. The summed E-state index contributed by atoms with van der Waals surface area (Å²) in [6.45, 7) is 6.60. The van der Waals surface area contributed by atoms with E-state index >= 15 is 0 Å². The third-order valence-electron chi connectivity index (χ3n) is 3.37. The summed E-state index contributed by atoms with van der Waals surface area (Å²) in [5.74, 6) is 2.55. The number of para-hydroxylation sites is 1. The molecule has 122 valence electrons. The van der Waals surface area contributed by atoms with Crippen molar-refractivity contribution in [3.63, 3.8) is 0 Å². The molecular weight excluding hydrogens is 294 g/mol. The monoisotopic (exact) mass is 315 g/mol. The molecule has 0 spiro atoms. The number of nitrogens with zero attached hydrogens (tertiary/aromatic N) is 1. The van der Waals surface area contributed by atoms with Crippen LogP contribution < -0.4 is 14.2 Å². The molecule has 0 bridgehead atoms. The molecule has 2 heterocycles. The van der Waals surface area contributed by atoms with Gasteiger partial charge < -0.3 is 18.9 Å². The fourth-order valence-electron chi connectivity index (χ4n) is 2.49. The van der Waals surface area contributed by atoms with Crippen LogP contribution in [0.25, 0.3) is 0 Å². The van der Waals surface area contributed by atoms with Gasteiger partial charge in [0.2, 0.25) is 5.88 Å². The van der Waals surface area contributed by atoms with Gasteiger partial charge in [0, 0.05) is 17.8 Å². The van der Waals surface area contributed by atoms with E-state index in [4.69, 9.17) is 18.9 Å². The third kappa shape index (κ3) is 3.56. The number of aromatic nitrogens is 1. The van der Waals surface area contributed by atoms with Gasteiger partial charge in [-0.2, -0.15) is 0 Å². The van der Waals surface area contributed by atoms with Gasteiger partial charge in [-0.3, -0.25) is 0 Å². The molecule has 23 heavy (non-hydrogen) atoms. The molecule has 1 atom stereocenters. The molecule has 0 N–H and O–H groups in total. The fourth-order valence-corrected chi connectivity index (χ4v) is 2.49. The van der Waals surface area contributed by atoms with Crippen LogP contribution in [-0.2, 0) is 4.74 Å². The summed E-state index contributed by atoms with van der Waals surface area (Å²) in [7, 11) is 1.57. The molecule has 2 aromatic rings. The molecule has 0 saturated carbocycles. The highest BCUT2D eigenvalue weighted by Crippen LogP contribution is 2.44. The van der Waals surface area contributed by atoms with E-state index in [-0.39, 0.29) is 11.7 Å². The van der Waals surface area contributed by atoms with Crippen molar-refractivity contribution in [3.05, 3.63) is 42.1 Å². The Labute approximate surface area is 136 Å². The maximum absolute atomic E-state index is 6.06. The first-order valence-electron chi connectivity index (χ1n) is 7.58. The zero-order valence-corrected chi connectivity index (χ0v) is 13.8. The Morgan fingerprint density at radius 1 is 1.22 bits per heavy atom. The number of hydrogen-bond donors (Lipinski definition) is 0. The maximum atomic E-state index is 6.06. The first-order valence-corrected chi connectivity index (χ1v) is 7.58. The molecule has 3 rings (SSSR count). The zero-order valence-electron chi connectivity index (χ0n) is 13.8. The Bertz CT molecular complexity index is 694. The van der Waals surface area contributed by atoms with E-state index in [9.17, 15) is 0 Å². The second-order valence-corrected chi connectivity index (χ2v) is 6.34. The van der Waals surface area contributed by atoms with E-state index in [1.807, 2.05) is 39.0 Å². The summed E-state index contributed by atoms with van der Waals surface area (Å²) in [5.41, 5.74) is 0.781. The predicted octanol–water partition coefficient (Wildman–Crippen LogP) is 4.13. The third-order valence-corrected chi connectivity index (χ3v) is 3.37. The van der Waals surface area contributed by atoms with Gasteiger partial charge in [-0.05, 0) is 32.9 Å². The topological polar surface area (TPSA) is 49.8 Å². The summed E-state index contributed by atoms with van der Waals surface area (Å²) < 4.78 is 22.9. The van der Waals surface area contributed by atoms with Gasteiger partial charge in [0.1, 0.15) is 18.5 Å². The van der Waals surface area contributed by atoms with E-state index in [1.54, 1.807) is 25.4 Å². The van der Waals surface area contributed by atoms with Crippen LogP contribution in [0.5, 0.6) is 23.1 Å². The zero-order chi connectivity index (χ0) is 16.4. The number of hydrogen-bond acceptors (Lipinski definition) is 5. The van der Waals surface area contributed by atoms with Crippen LogP contribution >= 0.6 is 0 Å². The van der Waals surface area contributed by atoms with Crippen molar-refractivity contribution in [1.82, 2.24) is 4.98 Å². The predicted molar refractivity (Wildman–Crippen MR) is 86.4 cm³/mol. The van der Waals surface area contributed by atoms with Crippen molar-refractivity contribution in [1.29, 1.82) is 0 Å². The Balaban J connectivity index is 1.85. The van der Waals surface area contributed by atoms with Crippen LogP contribution in [-0.4, -0.2) is 24.3 Å². The number of fused-ring (bicyclic) bond motifs is 1. The molecule has 1 aliphatic rings. The van der Waals surface area contributed by atoms with Gasteiger partial charge in [-0.1, -0.05) is 12.1 Å². The first-order chi connectivity index (χ1) is 11.0. The normalized spacial score (nSPS) is 16.6. The summed E-state index contributed by atoms with van der Waals surface area (Å²) >= 11 is 0. The van der Waals surface area contributed by atoms with Gasteiger partial charge in [-0.15, -0.1) is 0 Å². The average Bonchev–Trinajstić information content (AvgIpc) is 2.90.